The van der Waals surface area contributed by atoms with E-state index in [1.54, 1.807) is 19.6 Å². The van der Waals surface area contributed by atoms with Crippen LogP contribution >= 0.6 is 0 Å². The predicted molar refractivity (Wildman–Crippen MR) is 67.2 cm³/mol. The van der Waals surface area contributed by atoms with E-state index in [4.69, 9.17) is 5.73 Å². The van der Waals surface area contributed by atoms with Crippen molar-refractivity contribution in [3.05, 3.63) is 45.8 Å². The summed E-state index contributed by atoms with van der Waals surface area (Å²) in [7, 11) is 1.57. The highest BCUT2D eigenvalue weighted by molar-refractivity contribution is 5.30. The van der Waals surface area contributed by atoms with Crippen LogP contribution in [0.25, 0.3) is 0 Å². The molecular formula is C11H15N5O2. The first kappa shape index (κ1) is 12.2. The molecule has 2 rings (SSSR count). The number of aromatic nitrogens is 4. The normalized spacial score (nSPS) is 10.7. The van der Waals surface area contributed by atoms with E-state index in [0.717, 1.165) is 4.57 Å². The van der Waals surface area contributed by atoms with E-state index >= 15 is 0 Å². The van der Waals surface area contributed by atoms with Gasteiger partial charge in [-0.15, -0.1) is 0 Å². The van der Waals surface area contributed by atoms with Crippen molar-refractivity contribution in [2.24, 2.45) is 7.05 Å². The number of rotatable bonds is 4. The van der Waals surface area contributed by atoms with Crippen LogP contribution in [0.5, 0.6) is 0 Å². The first-order valence-electron chi connectivity index (χ1n) is 5.61. The lowest BCUT2D eigenvalue weighted by atomic mass is 10.4. The summed E-state index contributed by atoms with van der Waals surface area (Å²) in [5.41, 5.74) is 4.86. The third kappa shape index (κ3) is 2.34. The molecule has 0 aromatic carbocycles. The first-order valence-corrected chi connectivity index (χ1v) is 5.61. The van der Waals surface area contributed by atoms with Crippen LogP contribution in [-0.2, 0) is 20.1 Å². The Morgan fingerprint density at radius 3 is 2.78 bits per heavy atom. The van der Waals surface area contributed by atoms with Gasteiger partial charge in [0.1, 0.15) is 5.69 Å². The molecule has 0 bridgehead atoms. The highest BCUT2D eigenvalue weighted by Gasteiger charge is 2.06. The Morgan fingerprint density at radius 2 is 2.11 bits per heavy atom. The number of nitrogens with two attached hydrogens (primary N) is 1. The molecule has 7 heteroatoms. The minimum Gasteiger partial charge on any atom is -0.393 e. The lowest BCUT2D eigenvalue weighted by molar-refractivity contribution is 0.521. The Balaban J connectivity index is 2.14. The summed E-state index contributed by atoms with van der Waals surface area (Å²) in [6, 6.07) is 0. The lowest BCUT2D eigenvalue weighted by Crippen LogP contribution is -2.39. The molecule has 0 amide bonds. The van der Waals surface area contributed by atoms with Gasteiger partial charge in [-0.05, 0) is 6.42 Å². The molecule has 0 unspecified atom stereocenters. The summed E-state index contributed by atoms with van der Waals surface area (Å²) in [6.45, 7) is 1.04. The summed E-state index contributed by atoms with van der Waals surface area (Å²) in [6.07, 6.45) is 7.22. The monoisotopic (exact) mass is 249 g/mol. The largest absolute Gasteiger partial charge is 0.393 e. The van der Waals surface area contributed by atoms with Crippen LogP contribution in [0.2, 0.25) is 0 Å². The molecule has 0 aliphatic rings. The van der Waals surface area contributed by atoms with E-state index in [1.807, 2.05) is 10.8 Å². The Bertz CT molecular complexity index is 604. The van der Waals surface area contributed by atoms with Gasteiger partial charge in [0, 0.05) is 38.7 Å². The predicted octanol–water partition coefficient (Wildman–Crippen LogP) is -0.584. The van der Waals surface area contributed by atoms with Crippen molar-refractivity contribution in [1.29, 1.82) is 0 Å². The van der Waals surface area contributed by atoms with Crippen molar-refractivity contribution in [1.82, 2.24) is 18.7 Å². The van der Waals surface area contributed by atoms with Crippen molar-refractivity contribution in [2.45, 2.75) is 19.5 Å². The molecule has 0 saturated carbocycles. The molecule has 2 N–H and O–H groups in total. The molecule has 0 saturated heterocycles. The van der Waals surface area contributed by atoms with Crippen LogP contribution in [0.3, 0.4) is 0 Å². The molecule has 2 aromatic heterocycles. The van der Waals surface area contributed by atoms with Crippen molar-refractivity contribution in [3.63, 3.8) is 0 Å². The quantitative estimate of drug-likeness (QED) is 0.785. The van der Waals surface area contributed by atoms with Crippen LogP contribution in [0.1, 0.15) is 6.42 Å². The van der Waals surface area contributed by atoms with Gasteiger partial charge < -0.3 is 14.9 Å². The van der Waals surface area contributed by atoms with Gasteiger partial charge in [0.15, 0.2) is 0 Å². The Kier molecular flexibility index (Phi) is 3.31. The number of nitrogen functional groups attached to an aromatic ring is 1. The van der Waals surface area contributed by atoms with Gasteiger partial charge in [0.05, 0.1) is 6.33 Å². The molecule has 0 radical (unpaired) electrons. The average Bonchev–Trinajstić information content (AvgIpc) is 2.84. The number of imidazole rings is 1. The van der Waals surface area contributed by atoms with Crippen LogP contribution in [-0.4, -0.2) is 18.7 Å². The average molecular weight is 249 g/mol. The zero-order chi connectivity index (χ0) is 13.1. The zero-order valence-electron chi connectivity index (χ0n) is 10.1. The SMILES string of the molecule is Cn1cc(N)c(=O)n(CCCn2ccnc2)c1=O. The Hall–Kier alpha value is -2.31. The van der Waals surface area contributed by atoms with Crippen LogP contribution in [0.15, 0.2) is 34.5 Å². The van der Waals surface area contributed by atoms with Crippen molar-refractivity contribution in [3.8, 4) is 0 Å². The molecule has 0 atom stereocenters. The molecule has 96 valence electrons. The van der Waals surface area contributed by atoms with Gasteiger partial charge >= 0.3 is 5.69 Å². The Labute approximate surface area is 103 Å². The first-order chi connectivity index (χ1) is 8.59. The van der Waals surface area contributed by atoms with Gasteiger partial charge in [-0.2, -0.15) is 0 Å². The van der Waals surface area contributed by atoms with E-state index < -0.39 is 5.56 Å². The summed E-state index contributed by atoms with van der Waals surface area (Å²) >= 11 is 0. The highest BCUT2D eigenvalue weighted by atomic mass is 16.2. The number of anilines is 1. The standard InChI is InChI=1S/C11H15N5O2/c1-14-7-9(12)10(17)16(11(14)18)5-2-4-15-6-3-13-8-15/h3,6-8H,2,4-5,12H2,1H3. The molecule has 2 heterocycles. The third-order valence-corrected chi connectivity index (χ3v) is 2.71. The maximum Gasteiger partial charge on any atom is 0.330 e. The maximum atomic E-state index is 11.8. The van der Waals surface area contributed by atoms with E-state index in [-0.39, 0.29) is 11.4 Å². The molecule has 7 nitrogen and oxygen atoms in total. The molecule has 0 fully saturated rings. The Morgan fingerprint density at radius 1 is 1.33 bits per heavy atom. The summed E-state index contributed by atoms with van der Waals surface area (Å²) in [5, 5.41) is 0. The lowest BCUT2D eigenvalue weighted by Gasteiger charge is -2.08. The van der Waals surface area contributed by atoms with Gasteiger partial charge in [0.2, 0.25) is 0 Å². The second-order valence-corrected chi connectivity index (χ2v) is 4.09. The highest BCUT2D eigenvalue weighted by Crippen LogP contribution is 1.93. The fraction of sp³-hybridized carbons (Fsp3) is 0.364. The zero-order valence-corrected chi connectivity index (χ0v) is 10.1. The fourth-order valence-corrected chi connectivity index (χ4v) is 1.78. The second kappa shape index (κ2) is 4.91. The third-order valence-electron chi connectivity index (χ3n) is 2.71. The van der Waals surface area contributed by atoms with E-state index in [0.29, 0.717) is 19.5 Å². The van der Waals surface area contributed by atoms with Gasteiger partial charge in [-0.3, -0.25) is 9.36 Å². The molecule has 18 heavy (non-hydrogen) atoms. The van der Waals surface area contributed by atoms with Crippen LogP contribution < -0.4 is 17.0 Å². The minimum atomic E-state index is -0.427. The van der Waals surface area contributed by atoms with Crippen LogP contribution in [0, 0.1) is 0 Å². The number of aryl methyl sites for hydroxylation is 2. The molecule has 0 aliphatic heterocycles. The van der Waals surface area contributed by atoms with Crippen molar-refractivity contribution < 1.29 is 0 Å². The number of nitrogens with zero attached hydrogens (tertiary/aromatic N) is 4. The van der Waals surface area contributed by atoms with Crippen molar-refractivity contribution in [2.75, 3.05) is 5.73 Å². The summed E-state index contributed by atoms with van der Waals surface area (Å²) in [5.74, 6) is 0. The topological polar surface area (TPSA) is 87.8 Å². The number of hydrogen-bond donors (Lipinski definition) is 1. The van der Waals surface area contributed by atoms with Crippen LogP contribution in [0.4, 0.5) is 5.69 Å². The van der Waals surface area contributed by atoms with E-state index in [9.17, 15) is 9.59 Å². The van der Waals surface area contributed by atoms with E-state index in [1.165, 1.54) is 10.8 Å². The van der Waals surface area contributed by atoms with Gasteiger partial charge in [-0.1, -0.05) is 0 Å². The fourth-order valence-electron chi connectivity index (χ4n) is 1.78. The summed E-state index contributed by atoms with van der Waals surface area (Å²) in [4.78, 5) is 27.4. The van der Waals surface area contributed by atoms with E-state index in [2.05, 4.69) is 4.98 Å². The van der Waals surface area contributed by atoms with Crippen molar-refractivity contribution >= 4 is 5.69 Å². The molecule has 2 aromatic rings. The summed E-state index contributed by atoms with van der Waals surface area (Å²) < 4.78 is 4.36. The molecule has 0 spiro atoms. The molecular weight excluding hydrogens is 234 g/mol. The van der Waals surface area contributed by atoms with Gasteiger partial charge in [0.25, 0.3) is 5.56 Å². The second-order valence-electron chi connectivity index (χ2n) is 4.09. The number of hydrogen-bond acceptors (Lipinski definition) is 4. The smallest absolute Gasteiger partial charge is 0.330 e. The maximum absolute atomic E-state index is 11.8. The van der Waals surface area contributed by atoms with Gasteiger partial charge in [-0.25, -0.2) is 9.78 Å². The molecule has 0 aliphatic carbocycles. The minimum absolute atomic E-state index is 0.0831.